The van der Waals surface area contributed by atoms with E-state index in [9.17, 15) is 4.79 Å². The summed E-state index contributed by atoms with van der Waals surface area (Å²) < 4.78 is 5.18. The van der Waals surface area contributed by atoms with Crippen molar-refractivity contribution in [3.8, 4) is 0 Å². The SMILES string of the molecule is CC[C@H](Cc1ccccc1)NC(=O)OCc1cncs1. The Hall–Kier alpha value is -1.88. The summed E-state index contributed by atoms with van der Waals surface area (Å²) >= 11 is 1.48. The molecule has 106 valence electrons. The Bertz CT molecular complexity index is 514. The summed E-state index contributed by atoms with van der Waals surface area (Å²) in [6.07, 6.45) is 3.01. The third kappa shape index (κ3) is 4.66. The standard InChI is InChI=1S/C15H18N2O2S/c1-2-13(8-12-6-4-3-5-7-12)17-15(18)19-10-14-9-16-11-20-14/h3-7,9,11,13H,2,8,10H2,1H3,(H,17,18)/t13-/m1/s1. The number of carbonyl (C=O) groups is 1. The average molecular weight is 290 g/mol. The molecule has 4 nitrogen and oxygen atoms in total. The number of rotatable bonds is 6. The van der Waals surface area contributed by atoms with Gasteiger partial charge >= 0.3 is 6.09 Å². The van der Waals surface area contributed by atoms with Gasteiger partial charge in [0.1, 0.15) is 6.61 Å². The van der Waals surface area contributed by atoms with E-state index >= 15 is 0 Å². The predicted molar refractivity (Wildman–Crippen MR) is 79.7 cm³/mol. The van der Waals surface area contributed by atoms with Crippen LogP contribution in [0.1, 0.15) is 23.8 Å². The number of amides is 1. The molecule has 0 bridgehead atoms. The first kappa shape index (κ1) is 14.5. The van der Waals surface area contributed by atoms with E-state index in [4.69, 9.17) is 4.74 Å². The highest BCUT2D eigenvalue weighted by molar-refractivity contribution is 7.09. The fourth-order valence-electron chi connectivity index (χ4n) is 1.85. The van der Waals surface area contributed by atoms with E-state index in [0.717, 1.165) is 17.7 Å². The number of alkyl carbamates (subject to hydrolysis) is 1. The van der Waals surface area contributed by atoms with Crippen LogP contribution in [0.25, 0.3) is 0 Å². The van der Waals surface area contributed by atoms with Crippen LogP contribution in [-0.4, -0.2) is 17.1 Å². The van der Waals surface area contributed by atoms with Crippen LogP contribution in [0.3, 0.4) is 0 Å². The maximum atomic E-state index is 11.7. The van der Waals surface area contributed by atoms with Gasteiger partial charge in [-0.2, -0.15) is 0 Å². The van der Waals surface area contributed by atoms with E-state index in [1.807, 2.05) is 18.2 Å². The van der Waals surface area contributed by atoms with E-state index < -0.39 is 0 Å². The van der Waals surface area contributed by atoms with Crippen molar-refractivity contribution in [2.75, 3.05) is 0 Å². The molecule has 5 heteroatoms. The highest BCUT2D eigenvalue weighted by Crippen LogP contribution is 2.08. The van der Waals surface area contributed by atoms with E-state index in [1.54, 1.807) is 11.7 Å². The van der Waals surface area contributed by atoms with E-state index in [2.05, 4.69) is 29.4 Å². The number of hydrogen-bond acceptors (Lipinski definition) is 4. The Morgan fingerprint density at radius 2 is 2.20 bits per heavy atom. The normalized spacial score (nSPS) is 11.8. The smallest absolute Gasteiger partial charge is 0.407 e. The molecule has 0 saturated heterocycles. The van der Waals surface area contributed by atoms with Gasteiger partial charge < -0.3 is 10.1 Å². The monoisotopic (exact) mass is 290 g/mol. The van der Waals surface area contributed by atoms with Crippen molar-refractivity contribution in [1.29, 1.82) is 0 Å². The van der Waals surface area contributed by atoms with Crippen molar-refractivity contribution in [3.05, 3.63) is 52.5 Å². The van der Waals surface area contributed by atoms with Crippen LogP contribution in [0.4, 0.5) is 4.79 Å². The summed E-state index contributed by atoms with van der Waals surface area (Å²) in [5.74, 6) is 0. The summed E-state index contributed by atoms with van der Waals surface area (Å²) in [5, 5.41) is 2.90. The zero-order valence-electron chi connectivity index (χ0n) is 11.4. The molecular weight excluding hydrogens is 272 g/mol. The maximum Gasteiger partial charge on any atom is 0.407 e. The summed E-state index contributed by atoms with van der Waals surface area (Å²) in [5.41, 5.74) is 2.93. The minimum atomic E-state index is -0.374. The van der Waals surface area contributed by atoms with E-state index in [-0.39, 0.29) is 18.7 Å². The van der Waals surface area contributed by atoms with Crippen LogP contribution in [0.15, 0.2) is 42.0 Å². The van der Waals surface area contributed by atoms with Crippen LogP contribution in [-0.2, 0) is 17.8 Å². The molecule has 0 aliphatic heterocycles. The van der Waals surface area contributed by atoms with Crippen molar-refractivity contribution >= 4 is 17.4 Å². The highest BCUT2D eigenvalue weighted by atomic mass is 32.1. The van der Waals surface area contributed by atoms with Crippen molar-refractivity contribution in [1.82, 2.24) is 10.3 Å². The maximum absolute atomic E-state index is 11.7. The summed E-state index contributed by atoms with van der Waals surface area (Å²) in [4.78, 5) is 16.6. The van der Waals surface area contributed by atoms with E-state index in [1.165, 1.54) is 16.9 Å². The highest BCUT2D eigenvalue weighted by Gasteiger charge is 2.12. The lowest BCUT2D eigenvalue weighted by atomic mass is 10.0. The van der Waals surface area contributed by atoms with Crippen molar-refractivity contribution < 1.29 is 9.53 Å². The first-order valence-corrected chi connectivity index (χ1v) is 7.50. The van der Waals surface area contributed by atoms with Gasteiger partial charge in [0, 0.05) is 12.2 Å². The van der Waals surface area contributed by atoms with Crippen LogP contribution in [0.5, 0.6) is 0 Å². The van der Waals surface area contributed by atoms with Crippen molar-refractivity contribution in [3.63, 3.8) is 0 Å². The predicted octanol–water partition coefficient (Wildman–Crippen LogP) is 3.39. The van der Waals surface area contributed by atoms with Gasteiger partial charge in [0.25, 0.3) is 0 Å². The molecule has 0 aliphatic rings. The van der Waals surface area contributed by atoms with Gasteiger partial charge in [0.15, 0.2) is 0 Å². The number of hydrogen-bond donors (Lipinski definition) is 1. The largest absolute Gasteiger partial charge is 0.444 e. The Kier molecular flexibility index (Phi) is 5.55. The van der Waals surface area contributed by atoms with Gasteiger partial charge in [-0.25, -0.2) is 4.79 Å². The summed E-state index contributed by atoms with van der Waals surface area (Å²) in [7, 11) is 0. The number of nitrogens with zero attached hydrogens (tertiary/aromatic N) is 1. The molecule has 1 amide bonds. The molecule has 2 aromatic rings. The third-order valence-corrected chi connectivity index (χ3v) is 3.72. The molecule has 0 radical (unpaired) electrons. The van der Waals surface area contributed by atoms with Gasteiger partial charge in [-0.05, 0) is 18.4 Å². The quantitative estimate of drug-likeness (QED) is 0.887. The van der Waals surface area contributed by atoms with Gasteiger partial charge in [0.2, 0.25) is 0 Å². The lowest BCUT2D eigenvalue weighted by Crippen LogP contribution is -2.36. The fourth-order valence-corrected chi connectivity index (χ4v) is 2.36. The first-order chi connectivity index (χ1) is 9.78. The summed E-state index contributed by atoms with van der Waals surface area (Å²) in [6.45, 7) is 2.33. The molecule has 1 atom stereocenters. The topological polar surface area (TPSA) is 51.2 Å². The fraction of sp³-hybridized carbons (Fsp3) is 0.333. The lowest BCUT2D eigenvalue weighted by molar-refractivity contribution is 0.136. The van der Waals surface area contributed by atoms with Gasteiger partial charge in [-0.3, -0.25) is 4.98 Å². The second kappa shape index (κ2) is 7.65. The third-order valence-electron chi connectivity index (χ3n) is 2.97. The first-order valence-electron chi connectivity index (χ1n) is 6.62. The van der Waals surface area contributed by atoms with Gasteiger partial charge in [-0.1, -0.05) is 37.3 Å². The lowest BCUT2D eigenvalue weighted by Gasteiger charge is -2.16. The van der Waals surface area contributed by atoms with Crippen LogP contribution >= 0.6 is 11.3 Å². The van der Waals surface area contributed by atoms with Crippen LogP contribution < -0.4 is 5.32 Å². The molecule has 0 fully saturated rings. The second-order valence-corrected chi connectivity index (χ2v) is 5.45. The minimum absolute atomic E-state index is 0.0892. The average Bonchev–Trinajstić information content (AvgIpc) is 2.99. The van der Waals surface area contributed by atoms with E-state index in [0.29, 0.717) is 0 Å². The van der Waals surface area contributed by atoms with Crippen LogP contribution in [0, 0.1) is 0 Å². The number of aromatic nitrogens is 1. The molecule has 1 heterocycles. The number of carbonyl (C=O) groups excluding carboxylic acids is 1. The molecule has 2 rings (SSSR count). The zero-order valence-corrected chi connectivity index (χ0v) is 12.2. The number of ether oxygens (including phenoxy) is 1. The second-order valence-electron chi connectivity index (χ2n) is 4.48. The van der Waals surface area contributed by atoms with Gasteiger partial charge in [-0.15, -0.1) is 11.3 Å². The Morgan fingerprint density at radius 3 is 2.85 bits per heavy atom. The van der Waals surface area contributed by atoms with Crippen molar-refractivity contribution in [2.24, 2.45) is 0 Å². The minimum Gasteiger partial charge on any atom is -0.444 e. The molecule has 0 aliphatic carbocycles. The van der Waals surface area contributed by atoms with Crippen LogP contribution in [0.2, 0.25) is 0 Å². The molecule has 0 spiro atoms. The number of thiazole rings is 1. The molecule has 20 heavy (non-hydrogen) atoms. The Balaban J connectivity index is 1.79. The number of nitrogens with one attached hydrogen (secondary N) is 1. The molecule has 0 saturated carbocycles. The molecule has 1 aromatic carbocycles. The molecule has 1 N–H and O–H groups in total. The van der Waals surface area contributed by atoms with Gasteiger partial charge in [0.05, 0.1) is 10.4 Å². The Morgan fingerprint density at radius 1 is 1.40 bits per heavy atom. The molecule has 0 unspecified atom stereocenters. The summed E-state index contributed by atoms with van der Waals surface area (Å²) in [6, 6.07) is 10.2. The Labute approximate surface area is 122 Å². The molecular formula is C15H18N2O2S. The number of benzene rings is 1. The zero-order chi connectivity index (χ0) is 14.2. The van der Waals surface area contributed by atoms with Crippen molar-refractivity contribution in [2.45, 2.75) is 32.4 Å². The molecule has 1 aromatic heterocycles.